The van der Waals surface area contributed by atoms with Crippen LogP contribution in [-0.4, -0.2) is 42.3 Å². The molecule has 0 radical (unpaired) electrons. The maximum atomic E-state index is 13.1. The Morgan fingerprint density at radius 1 is 0.800 bits per heavy atom. The fourth-order valence-electron chi connectivity index (χ4n) is 4.65. The molecule has 0 spiro atoms. The molecule has 0 atom stereocenters. The van der Waals surface area contributed by atoms with Crippen molar-refractivity contribution in [3.63, 3.8) is 0 Å². The van der Waals surface area contributed by atoms with Gasteiger partial charge in [0.25, 0.3) is 0 Å². The smallest absolute Gasteiger partial charge is 0.379 e. The van der Waals surface area contributed by atoms with Crippen LogP contribution in [0.5, 0.6) is 0 Å². The average molecular weight is 480 g/mol. The Morgan fingerprint density at radius 3 is 2.34 bits per heavy atom. The third-order valence-corrected chi connectivity index (χ3v) is 6.41. The lowest BCUT2D eigenvalue weighted by Gasteiger charge is -2.26. The van der Waals surface area contributed by atoms with Crippen molar-refractivity contribution >= 4 is 22.3 Å². The lowest BCUT2D eigenvalue weighted by molar-refractivity contribution is -0.137. The highest BCUT2D eigenvalue weighted by molar-refractivity contribution is 5.90. The molecule has 2 heterocycles. The molecular formula is C28H28F3N3O. The van der Waals surface area contributed by atoms with Gasteiger partial charge in [-0.15, -0.1) is 0 Å². The van der Waals surface area contributed by atoms with Crippen LogP contribution in [-0.2, 0) is 17.5 Å². The highest BCUT2D eigenvalue weighted by Gasteiger charge is 2.30. The molecule has 1 fully saturated rings. The van der Waals surface area contributed by atoms with Gasteiger partial charge in [-0.25, -0.2) is 0 Å². The Hall–Kier alpha value is -3.29. The monoisotopic (exact) mass is 479 g/mol. The molecular weight excluding hydrogens is 451 g/mol. The van der Waals surface area contributed by atoms with Crippen molar-refractivity contribution in [1.82, 2.24) is 9.47 Å². The third kappa shape index (κ3) is 5.52. The predicted molar refractivity (Wildman–Crippen MR) is 134 cm³/mol. The zero-order chi connectivity index (χ0) is 24.3. The lowest BCUT2D eigenvalue weighted by Crippen LogP contribution is -2.37. The highest BCUT2D eigenvalue weighted by atomic mass is 19.4. The van der Waals surface area contributed by atoms with Gasteiger partial charge >= 0.3 is 6.18 Å². The first-order chi connectivity index (χ1) is 17.0. The normalized spacial score (nSPS) is 14.9. The summed E-state index contributed by atoms with van der Waals surface area (Å²) in [4.78, 5) is 2.44. The van der Waals surface area contributed by atoms with Gasteiger partial charge in [-0.3, -0.25) is 4.90 Å². The summed E-state index contributed by atoms with van der Waals surface area (Å²) in [5.74, 6) is 0. The molecule has 1 aliphatic rings. The summed E-state index contributed by atoms with van der Waals surface area (Å²) >= 11 is 0. The van der Waals surface area contributed by atoms with Crippen LogP contribution in [0.4, 0.5) is 24.5 Å². The first-order valence-electron chi connectivity index (χ1n) is 11.9. The number of hydrogen-bond donors (Lipinski definition) is 1. The van der Waals surface area contributed by atoms with Gasteiger partial charge in [-0.05, 0) is 54.4 Å². The van der Waals surface area contributed by atoms with Gasteiger partial charge in [0.15, 0.2) is 0 Å². The molecule has 5 rings (SSSR count). The second-order valence-corrected chi connectivity index (χ2v) is 8.83. The number of hydrogen-bond acceptors (Lipinski definition) is 3. The first-order valence-corrected chi connectivity index (χ1v) is 11.9. The molecule has 0 bridgehead atoms. The van der Waals surface area contributed by atoms with Crippen molar-refractivity contribution in [1.29, 1.82) is 0 Å². The number of anilines is 2. The minimum atomic E-state index is -4.37. The van der Waals surface area contributed by atoms with E-state index in [0.29, 0.717) is 5.69 Å². The van der Waals surface area contributed by atoms with E-state index in [1.165, 1.54) is 6.07 Å². The van der Waals surface area contributed by atoms with E-state index in [9.17, 15) is 13.2 Å². The number of rotatable bonds is 7. The molecule has 1 aliphatic heterocycles. The maximum absolute atomic E-state index is 13.1. The molecule has 3 aromatic carbocycles. The number of benzene rings is 3. The number of aromatic nitrogens is 1. The molecule has 35 heavy (non-hydrogen) atoms. The zero-order valence-electron chi connectivity index (χ0n) is 19.4. The van der Waals surface area contributed by atoms with E-state index >= 15 is 0 Å². The van der Waals surface area contributed by atoms with Crippen LogP contribution in [0.1, 0.15) is 12.0 Å². The van der Waals surface area contributed by atoms with Gasteiger partial charge < -0.3 is 14.6 Å². The SMILES string of the molecule is FC(F)(F)c1cccc(Nc2ccc3c(c2)cc(-c2ccccc2)n3CCCN2CCOCC2)c1. The van der Waals surface area contributed by atoms with Crippen LogP contribution in [0.3, 0.4) is 0 Å². The number of nitrogens with zero attached hydrogens (tertiary/aromatic N) is 2. The topological polar surface area (TPSA) is 29.4 Å². The molecule has 4 nitrogen and oxygen atoms in total. The van der Waals surface area contributed by atoms with Gasteiger partial charge in [-0.2, -0.15) is 13.2 Å². The van der Waals surface area contributed by atoms with Crippen LogP contribution >= 0.6 is 0 Å². The van der Waals surface area contributed by atoms with E-state index < -0.39 is 11.7 Å². The second-order valence-electron chi connectivity index (χ2n) is 8.83. The van der Waals surface area contributed by atoms with Gasteiger partial charge in [0, 0.05) is 54.2 Å². The number of alkyl halides is 3. The first kappa shape index (κ1) is 23.5. The number of fused-ring (bicyclic) bond motifs is 1. The Bertz CT molecular complexity index is 1280. The summed E-state index contributed by atoms with van der Waals surface area (Å²) in [7, 11) is 0. The molecule has 0 aliphatic carbocycles. The number of halogens is 3. The van der Waals surface area contributed by atoms with Gasteiger partial charge in [0.2, 0.25) is 0 Å². The average Bonchev–Trinajstić information content (AvgIpc) is 3.23. The van der Waals surface area contributed by atoms with E-state index in [-0.39, 0.29) is 0 Å². The quantitative estimate of drug-likeness (QED) is 0.316. The molecule has 0 saturated carbocycles. The van der Waals surface area contributed by atoms with Gasteiger partial charge in [0.1, 0.15) is 0 Å². The molecule has 1 N–H and O–H groups in total. The van der Waals surface area contributed by atoms with Crippen LogP contribution in [0.25, 0.3) is 22.2 Å². The van der Waals surface area contributed by atoms with E-state index in [1.54, 1.807) is 6.07 Å². The van der Waals surface area contributed by atoms with E-state index in [1.807, 2.05) is 36.4 Å². The van der Waals surface area contributed by atoms with E-state index in [0.717, 1.165) is 85.8 Å². The lowest BCUT2D eigenvalue weighted by atomic mass is 10.1. The van der Waals surface area contributed by atoms with Crippen LogP contribution in [0, 0.1) is 0 Å². The molecule has 4 aromatic rings. The second kappa shape index (κ2) is 10.1. The Kier molecular flexibility index (Phi) is 6.79. The van der Waals surface area contributed by atoms with E-state index in [4.69, 9.17) is 4.74 Å². The van der Waals surface area contributed by atoms with Crippen molar-refractivity contribution in [3.8, 4) is 11.3 Å². The maximum Gasteiger partial charge on any atom is 0.416 e. The molecule has 0 amide bonds. The van der Waals surface area contributed by atoms with Crippen LogP contribution < -0.4 is 5.32 Å². The van der Waals surface area contributed by atoms with Crippen molar-refractivity contribution in [2.24, 2.45) is 0 Å². The summed E-state index contributed by atoms with van der Waals surface area (Å²) in [5.41, 5.74) is 3.89. The predicted octanol–water partition coefficient (Wildman–Crippen LogP) is 6.79. The summed E-state index contributed by atoms with van der Waals surface area (Å²) < 4.78 is 47.1. The highest BCUT2D eigenvalue weighted by Crippen LogP contribution is 2.33. The standard InChI is InChI=1S/C28H28F3N3O/c29-28(30,31)23-8-4-9-24(20-23)32-25-10-11-26-22(18-25)19-27(21-6-2-1-3-7-21)34(26)13-5-12-33-14-16-35-17-15-33/h1-4,6-11,18-20,32H,5,12-17H2. The molecule has 7 heteroatoms. The summed E-state index contributed by atoms with van der Waals surface area (Å²) in [6, 6.07) is 23.7. The number of aryl methyl sites for hydroxylation is 1. The number of morpholine rings is 1. The molecule has 1 saturated heterocycles. The number of ether oxygens (including phenoxy) is 1. The largest absolute Gasteiger partial charge is 0.416 e. The fourth-order valence-corrected chi connectivity index (χ4v) is 4.65. The Balaban J connectivity index is 1.42. The minimum Gasteiger partial charge on any atom is -0.379 e. The Labute approximate surface area is 202 Å². The summed E-state index contributed by atoms with van der Waals surface area (Å²) in [6.07, 6.45) is -3.35. The molecule has 1 aromatic heterocycles. The van der Waals surface area contributed by atoms with Crippen molar-refractivity contribution in [2.45, 2.75) is 19.1 Å². The minimum absolute atomic E-state index is 0.410. The van der Waals surface area contributed by atoms with Gasteiger partial charge in [0.05, 0.1) is 18.8 Å². The van der Waals surface area contributed by atoms with Crippen LogP contribution in [0.2, 0.25) is 0 Å². The summed E-state index contributed by atoms with van der Waals surface area (Å²) in [5, 5.41) is 4.18. The summed E-state index contributed by atoms with van der Waals surface area (Å²) in [6.45, 7) is 5.44. The van der Waals surface area contributed by atoms with Crippen molar-refractivity contribution < 1.29 is 17.9 Å². The van der Waals surface area contributed by atoms with E-state index in [2.05, 4.69) is 33.0 Å². The zero-order valence-corrected chi connectivity index (χ0v) is 19.4. The van der Waals surface area contributed by atoms with Crippen LogP contribution in [0.15, 0.2) is 78.9 Å². The van der Waals surface area contributed by atoms with Crippen molar-refractivity contribution in [2.75, 3.05) is 38.2 Å². The molecule has 0 unspecified atom stereocenters. The van der Waals surface area contributed by atoms with Crippen molar-refractivity contribution in [3.05, 3.63) is 84.4 Å². The third-order valence-electron chi connectivity index (χ3n) is 6.41. The Morgan fingerprint density at radius 2 is 1.57 bits per heavy atom. The molecule has 182 valence electrons. The van der Waals surface area contributed by atoms with Gasteiger partial charge in [-0.1, -0.05) is 36.4 Å². The number of nitrogens with one attached hydrogen (secondary N) is 1. The fraction of sp³-hybridized carbons (Fsp3) is 0.286.